The lowest BCUT2D eigenvalue weighted by molar-refractivity contribution is -0.471. The van der Waals surface area contributed by atoms with Gasteiger partial charge in [-0.05, 0) is 67.5 Å². The number of aliphatic hydroxyl groups excluding tert-OH is 1. The average Bonchev–Trinajstić information content (AvgIpc) is 2.86. The molecule has 0 atom stereocenters. The van der Waals surface area contributed by atoms with E-state index in [1.165, 1.54) is 76.2 Å². The van der Waals surface area contributed by atoms with Crippen molar-refractivity contribution in [2.75, 3.05) is 6.61 Å². The van der Waals surface area contributed by atoms with Crippen LogP contribution in [0.4, 0.5) is 0 Å². The summed E-state index contributed by atoms with van der Waals surface area (Å²) >= 11 is 0. The van der Waals surface area contributed by atoms with E-state index in [0.29, 0.717) is 5.39 Å². The van der Waals surface area contributed by atoms with E-state index in [9.17, 15) is 13.0 Å². The van der Waals surface area contributed by atoms with E-state index in [2.05, 4.69) is 31.7 Å². The number of aryl methyl sites for hydroxylation is 2. The zero-order chi connectivity index (χ0) is 28.4. The van der Waals surface area contributed by atoms with Crippen molar-refractivity contribution in [3.8, 4) is 0 Å². The third-order valence-corrected chi connectivity index (χ3v) is 7.75. The lowest BCUT2D eigenvalue weighted by atomic mass is 9.98. The summed E-state index contributed by atoms with van der Waals surface area (Å²) in [4.78, 5) is -0.0598. The summed E-state index contributed by atoms with van der Waals surface area (Å²) in [5.41, 5.74) is 5.68. The van der Waals surface area contributed by atoms with Crippen LogP contribution in [-0.4, -0.2) is 30.2 Å². The van der Waals surface area contributed by atoms with Gasteiger partial charge in [0.05, 0.1) is 11.5 Å². The third kappa shape index (κ3) is 15.2. The molecule has 0 saturated carbocycles. The second-order valence-corrected chi connectivity index (χ2v) is 13.0. The number of hydrogen-bond acceptors (Lipinski definition) is 4. The molecule has 0 radical (unpaired) electrons. The number of fused-ring (bicyclic) bond motifs is 1. The highest BCUT2D eigenvalue weighted by Gasteiger charge is 2.11. The van der Waals surface area contributed by atoms with Crippen LogP contribution in [0.5, 0.6) is 0 Å². The first-order chi connectivity index (χ1) is 18.0. The van der Waals surface area contributed by atoms with Crippen LogP contribution >= 0.6 is 0 Å². The fraction of sp³-hybridized carbons (Fsp3) is 0.688. The van der Waals surface area contributed by atoms with E-state index >= 15 is 0 Å². The molecule has 6 heteroatoms. The molecule has 0 aliphatic rings. The van der Waals surface area contributed by atoms with Crippen molar-refractivity contribution in [3.63, 3.8) is 0 Å². The predicted octanol–water partition coefficient (Wildman–Crippen LogP) is 7.33. The smallest absolute Gasteiger partial charge is 0.125 e. The highest BCUT2D eigenvalue weighted by atomic mass is 32.2. The van der Waals surface area contributed by atoms with Crippen LogP contribution in [-0.2, 0) is 23.0 Å². The lowest BCUT2D eigenvalue weighted by Gasteiger charge is -2.14. The zero-order valence-corrected chi connectivity index (χ0v) is 25.5. The van der Waals surface area contributed by atoms with Crippen LogP contribution in [0.25, 0.3) is 10.8 Å². The molecule has 0 unspecified atom stereocenters. The van der Waals surface area contributed by atoms with Crippen LogP contribution in [0.3, 0.4) is 0 Å². The Kier molecular flexibility index (Phi) is 17.1. The number of aliphatic hydroxyl groups is 1. The molecule has 0 aliphatic carbocycles. The van der Waals surface area contributed by atoms with Gasteiger partial charge in [-0.15, -0.1) is 0 Å². The number of rotatable bonds is 18. The van der Waals surface area contributed by atoms with Crippen LogP contribution < -0.4 is 5.73 Å². The summed E-state index contributed by atoms with van der Waals surface area (Å²) in [5.74, 6) is 0. The molecule has 0 heterocycles. The van der Waals surface area contributed by atoms with Gasteiger partial charge in [-0.25, -0.2) is 8.42 Å². The van der Waals surface area contributed by atoms with Crippen LogP contribution in [0.15, 0.2) is 35.2 Å². The summed E-state index contributed by atoms with van der Waals surface area (Å²) in [5, 5.41) is 9.79. The van der Waals surface area contributed by atoms with Crippen LogP contribution in [0.1, 0.15) is 129 Å². The maximum atomic E-state index is 11.9. The quantitative estimate of drug-likeness (QED) is 0.150. The molecule has 2 rings (SSSR count). The van der Waals surface area contributed by atoms with Gasteiger partial charge >= 0.3 is 0 Å². The maximum absolute atomic E-state index is 11.9. The summed E-state index contributed by atoms with van der Waals surface area (Å²) < 4.78 is 35.8. The van der Waals surface area contributed by atoms with Crippen molar-refractivity contribution in [2.45, 2.75) is 141 Å². The summed E-state index contributed by atoms with van der Waals surface area (Å²) in [6.45, 7) is 8.39. The van der Waals surface area contributed by atoms with Crippen molar-refractivity contribution in [1.82, 2.24) is 0 Å². The minimum absolute atomic E-state index is 0.0598. The molecule has 0 saturated heterocycles. The van der Waals surface area contributed by atoms with Gasteiger partial charge in [0, 0.05) is 0 Å². The Balaban J connectivity index is 0.00000107. The standard InChI is InChI=1S/C28H44O3S.C4H11NO/c1-3-5-7-9-11-13-15-17-24-19-20-27-26(21-24)22-25(23-28(27)32(29,30)31)18-16-14-12-10-8-6-4-2;1-4(2,5)3-6/h19-23H,3-18H2,1-2H3,(H,29,30,31);6H,3,5H2,1-2H3. The maximum Gasteiger partial charge on any atom is 0.125 e. The Labute approximate surface area is 233 Å². The lowest BCUT2D eigenvalue weighted by Crippen LogP contribution is -2.71. The Hall–Kier alpha value is -1.47. The Morgan fingerprint density at radius 2 is 1.16 bits per heavy atom. The molecule has 0 fully saturated rings. The molecule has 0 bridgehead atoms. The molecule has 0 aromatic heterocycles. The molecule has 218 valence electrons. The molecular weight excluding hydrogens is 494 g/mol. The van der Waals surface area contributed by atoms with E-state index in [1.807, 2.05) is 26.0 Å². The van der Waals surface area contributed by atoms with Crippen LogP contribution in [0.2, 0.25) is 0 Å². The average molecular weight is 550 g/mol. The Morgan fingerprint density at radius 3 is 1.61 bits per heavy atom. The highest BCUT2D eigenvalue weighted by molar-refractivity contribution is 7.86. The molecule has 4 N–H and O–H groups in total. The van der Waals surface area contributed by atoms with Gasteiger partial charge in [0.25, 0.3) is 0 Å². The third-order valence-electron chi connectivity index (χ3n) is 6.87. The number of unbranched alkanes of at least 4 members (excludes halogenated alkanes) is 12. The topological polar surface area (TPSA) is 105 Å². The first-order valence-corrected chi connectivity index (χ1v) is 16.4. The summed E-state index contributed by atoms with van der Waals surface area (Å²) in [7, 11) is -4.49. The minimum atomic E-state index is -4.49. The fourth-order valence-corrected chi connectivity index (χ4v) is 5.27. The summed E-state index contributed by atoms with van der Waals surface area (Å²) in [6.07, 6.45) is 19.3. The highest BCUT2D eigenvalue weighted by Crippen LogP contribution is 2.28. The number of hydrogen-bond donors (Lipinski definition) is 2. The molecule has 2 aromatic carbocycles. The van der Waals surface area contributed by atoms with Gasteiger partial charge in [0.15, 0.2) is 0 Å². The van der Waals surface area contributed by atoms with Gasteiger partial charge in [0.2, 0.25) is 0 Å². The van der Waals surface area contributed by atoms with Gasteiger partial charge in [-0.2, -0.15) is 0 Å². The molecule has 5 nitrogen and oxygen atoms in total. The molecule has 38 heavy (non-hydrogen) atoms. The van der Waals surface area contributed by atoms with Crippen LogP contribution in [0, 0.1) is 0 Å². The normalized spacial score (nSPS) is 12.0. The Bertz CT molecular complexity index is 1010. The second kappa shape index (κ2) is 18.8. The molecule has 2 aromatic rings. The van der Waals surface area contributed by atoms with E-state index < -0.39 is 10.1 Å². The molecule has 0 aliphatic heterocycles. The van der Waals surface area contributed by atoms with Crippen molar-refractivity contribution in [1.29, 1.82) is 0 Å². The van der Waals surface area contributed by atoms with E-state index in [-0.39, 0.29) is 17.0 Å². The SMILES string of the molecule is CC(C)([NH3+])CO.CCCCCCCCCc1ccc2c(S(=O)(=O)[O-])cc(CCCCCCCCC)cc2c1. The Morgan fingerprint density at radius 1 is 0.737 bits per heavy atom. The molecular formula is C32H55NO4S. The molecule has 0 spiro atoms. The first-order valence-electron chi connectivity index (χ1n) is 15.0. The van der Waals surface area contributed by atoms with E-state index in [0.717, 1.165) is 43.1 Å². The zero-order valence-electron chi connectivity index (χ0n) is 24.7. The van der Waals surface area contributed by atoms with Gasteiger partial charge in [-0.3, -0.25) is 0 Å². The van der Waals surface area contributed by atoms with Crippen molar-refractivity contribution >= 4 is 20.9 Å². The predicted molar refractivity (Wildman–Crippen MR) is 159 cm³/mol. The van der Waals surface area contributed by atoms with Crippen molar-refractivity contribution in [3.05, 3.63) is 41.5 Å². The molecule has 0 amide bonds. The van der Waals surface area contributed by atoms with Gasteiger partial charge in [-0.1, -0.05) is 115 Å². The van der Waals surface area contributed by atoms with Crippen molar-refractivity contribution in [2.24, 2.45) is 0 Å². The van der Waals surface area contributed by atoms with E-state index in [4.69, 9.17) is 5.11 Å². The largest absolute Gasteiger partial charge is 0.744 e. The number of quaternary nitrogens is 1. The van der Waals surface area contributed by atoms with E-state index in [1.54, 1.807) is 6.07 Å². The number of benzene rings is 2. The van der Waals surface area contributed by atoms with Gasteiger partial charge in [0.1, 0.15) is 15.7 Å². The minimum Gasteiger partial charge on any atom is -0.744 e. The monoisotopic (exact) mass is 549 g/mol. The first kappa shape index (κ1) is 34.6. The fourth-order valence-electron chi connectivity index (χ4n) is 4.52. The van der Waals surface area contributed by atoms with Crippen molar-refractivity contribution < 1.29 is 23.8 Å². The van der Waals surface area contributed by atoms with Gasteiger partial charge < -0.3 is 15.4 Å². The summed E-state index contributed by atoms with van der Waals surface area (Å²) in [6, 6.07) is 9.61. The second-order valence-electron chi connectivity index (χ2n) is 11.7.